The number of fused-ring (bicyclic) bond motifs is 2. The number of rotatable bonds is 2. The Morgan fingerprint density at radius 3 is 2.18 bits per heavy atom. The third-order valence-electron chi connectivity index (χ3n) is 13.6. The summed E-state index contributed by atoms with van der Waals surface area (Å²) in [4.78, 5) is 12.9. The summed E-state index contributed by atoms with van der Waals surface area (Å²) in [6, 6.07) is 0. The number of aliphatic hydroxyl groups excluding tert-OH is 1. The zero-order valence-electron chi connectivity index (χ0n) is 22.7. The summed E-state index contributed by atoms with van der Waals surface area (Å²) < 4.78 is 6.67. The number of aliphatic hydroxyl groups is 2. The molecule has 0 bridgehead atoms. The Hall–Kier alpha value is -0.450. The van der Waals surface area contributed by atoms with E-state index in [0.717, 1.165) is 38.5 Å². The first kappa shape index (κ1) is 23.9. The van der Waals surface area contributed by atoms with Crippen molar-refractivity contribution < 1.29 is 19.7 Å². The van der Waals surface area contributed by atoms with Crippen molar-refractivity contribution in [2.45, 2.75) is 136 Å². The fourth-order valence-electron chi connectivity index (χ4n) is 11.9. The van der Waals surface area contributed by atoms with Crippen LogP contribution < -0.4 is 0 Å². The molecule has 4 heteroatoms. The van der Waals surface area contributed by atoms with E-state index in [4.69, 9.17) is 4.74 Å². The van der Waals surface area contributed by atoms with Crippen molar-refractivity contribution in [3.63, 3.8) is 0 Å². The van der Waals surface area contributed by atoms with E-state index in [1.807, 2.05) is 13.8 Å². The van der Waals surface area contributed by atoms with E-state index in [9.17, 15) is 15.0 Å². The molecule has 0 aromatic rings. The highest BCUT2D eigenvalue weighted by molar-refractivity contribution is 5.86. The molecule has 6 aliphatic rings. The number of hydrogen-bond acceptors (Lipinski definition) is 4. The standard InChI is InChI=1S/C30H48O4/c1-24(2)19-8-9-20-27(6)16-18(31)23(28(7)12-11-22(34-28)25(3,4)33)26(27,5)14-15-30(20)17-29(19,30)13-10-21(24)32/h18-20,22-23,31,33H,8-17H2,1-7H3/t18?,19?,20?,22?,23-,26+,27-,28?,29+,30?/m0/s1. The van der Waals surface area contributed by atoms with Gasteiger partial charge in [-0.1, -0.05) is 27.7 Å². The minimum Gasteiger partial charge on any atom is -0.393 e. The summed E-state index contributed by atoms with van der Waals surface area (Å²) in [6.45, 7) is 15.4. The highest BCUT2D eigenvalue weighted by atomic mass is 16.5. The van der Waals surface area contributed by atoms with Crippen molar-refractivity contribution in [2.75, 3.05) is 0 Å². The van der Waals surface area contributed by atoms with Crippen LogP contribution in [0.3, 0.4) is 0 Å². The van der Waals surface area contributed by atoms with Gasteiger partial charge in [0, 0.05) is 17.8 Å². The zero-order valence-corrected chi connectivity index (χ0v) is 22.7. The fourth-order valence-corrected chi connectivity index (χ4v) is 11.9. The van der Waals surface area contributed by atoms with Gasteiger partial charge in [0.15, 0.2) is 0 Å². The van der Waals surface area contributed by atoms with E-state index in [2.05, 4.69) is 34.6 Å². The lowest BCUT2D eigenvalue weighted by molar-refractivity contribution is -0.192. The Morgan fingerprint density at radius 2 is 1.53 bits per heavy atom. The Balaban J connectivity index is 1.35. The van der Waals surface area contributed by atoms with Crippen molar-refractivity contribution in [3.05, 3.63) is 0 Å². The van der Waals surface area contributed by atoms with Gasteiger partial charge in [0.25, 0.3) is 0 Å². The molecule has 0 radical (unpaired) electrons. The highest BCUT2D eigenvalue weighted by Gasteiger charge is 2.83. The van der Waals surface area contributed by atoms with Crippen molar-refractivity contribution >= 4 is 5.78 Å². The predicted octanol–water partition coefficient (Wildman–Crippen LogP) is 5.67. The maximum atomic E-state index is 12.9. The number of ketones is 1. The minimum atomic E-state index is -0.855. The lowest BCUT2D eigenvalue weighted by Crippen LogP contribution is -2.59. The van der Waals surface area contributed by atoms with Crippen LogP contribution in [0.1, 0.15) is 113 Å². The van der Waals surface area contributed by atoms with E-state index in [0.29, 0.717) is 28.4 Å². The highest BCUT2D eigenvalue weighted by Crippen LogP contribution is 2.89. The molecule has 4 nitrogen and oxygen atoms in total. The SMILES string of the molecule is CC(C)(O)C1CCC(C)([C@H]2C(O)C[C@@]3(C)C4CCC5C(C)(C)C(=O)CC[C@@]56CC46CC[C@]23C)O1. The number of Topliss-reactive ketones (excluding diaryl/α,β-unsaturated/α-hetero) is 1. The van der Waals surface area contributed by atoms with E-state index < -0.39 is 11.2 Å². The van der Waals surface area contributed by atoms with Crippen LogP contribution in [0.25, 0.3) is 0 Å². The average molecular weight is 473 g/mol. The Labute approximate surface area is 206 Å². The lowest BCUT2D eigenvalue weighted by Gasteiger charge is -2.63. The van der Waals surface area contributed by atoms with Crippen LogP contribution in [-0.4, -0.2) is 39.4 Å². The van der Waals surface area contributed by atoms with Gasteiger partial charge >= 0.3 is 0 Å². The van der Waals surface area contributed by atoms with Crippen molar-refractivity contribution in [1.82, 2.24) is 0 Å². The smallest absolute Gasteiger partial charge is 0.138 e. The first-order chi connectivity index (χ1) is 15.6. The van der Waals surface area contributed by atoms with E-state index >= 15 is 0 Å². The van der Waals surface area contributed by atoms with Crippen LogP contribution in [0, 0.1) is 44.8 Å². The molecule has 2 N–H and O–H groups in total. The molecule has 2 spiro atoms. The monoisotopic (exact) mass is 472 g/mol. The molecule has 1 saturated heterocycles. The van der Waals surface area contributed by atoms with Gasteiger partial charge in [-0.25, -0.2) is 0 Å². The van der Waals surface area contributed by atoms with Gasteiger partial charge in [0.05, 0.1) is 23.4 Å². The molecular formula is C30H48O4. The van der Waals surface area contributed by atoms with Gasteiger partial charge in [-0.2, -0.15) is 0 Å². The molecule has 192 valence electrons. The first-order valence-corrected chi connectivity index (χ1v) is 14.2. The molecule has 0 aromatic heterocycles. The summed E-state index contributed by atoms with van der Waals surface area (Å²) >= 11 is 0. The number of carbonyl (C=O) groups is 1. The van der Waals surface area contributed by atoms with E-state index in [1.54, 1.807) is 0 Å². The second-order valence-corrected chi connectivity index (χ2v) is 15.5. The molecule has 5 saturated carbocycles. The Morgan fingerprint density at radius 1 is 0.882 bits per heavy atom. The van der Waals surface area contributed by atoms with Crippen molar-refractivity contribution in [3.8, 4) is 0 Å². The third kappa shape index (κ3) is 2.55. The summed E-state index contributed by atoms with van der Waals surface area (Å²) in [6.07, 6.45) is 10.1. The predicted molar refractivity (Wildman–Crippen MR) is 132 cm³/mol. The van der Waals surface area contributed by atoms with Crippen LogP contribution in [0.5, 0.6) is 0 Å². The van der Waals surface area contributed by atoms with Crippen LogP contribution in [0.2, 0.25) is 0 Å². The van der Waals surface area contributed by atoms with Crippen molar-refractivity contribution in [1.29, 1.82) is 0 Å². The average Bonchev–Trinajstić information content (AvgIpc) is 3.11. The third-order valence-corrected chi connectivity index (χ3v) is 13.6. The largest absolute Gasteiger partial charge is 0.393 e. The van der Waals surface area contributed by atoms with Gasteiger partial charge in [-0.3, -0.25) is 4.79 Å². The first-order valence-electron chi connectivity index (χ1n) is 14.2. The maximum absolute atomic E-state index is 12.9. The zero-order chi connectivity index (χ0) is 24.7. The summed E-state index contributed by atoms with van der Waals surface area (Å²) in [5.74, 6) is 1.76. The second kappa shape index (κ2) is 6.51. The quantitative estimate of drug-likeness (QED) is 0.543. The van der Waals surface area contributed by atoms with Gasteiger partial charge in [0.1, 0.15) is 5.78 Å². The summed E-state index contributed by atoms with van der Waals surface area (Å²) in [7, 11) is 0. The Bertz CT molecular complexity index is 919. The molecule has 1 aliphatic heterocycles. The molecular weight excluding hydrogens is 424 g/mol. The molecule has 5 aliphatic carbocycles. The van der Waals surface area contributed by atoms with Crippen molar-refractivity contribution in [2.24, 2.45) is 44.8 Å². The van der Waals surface area contributed by atoms with Gasteiger partial charge in [-0.05, 0) is 112 Å². The Kier molecular flexibility index (Phi) is 4.58. The summed E-state index contributed by atoms with van der Waals surface area (Å²) in [5.41, 5.74) is -0.560. The molecule has 0 amide bonds. The molecule has 10 atom stereocenters. The molecule has 6 fully saturated rings. The van der Waals surface area contributed by atoms with Gasteiger partial charge < -0.3 is 14.9 Å². The topological polar surface area (TPSA) is 66.8 Å². The van der Waals surface area contributed by atoms with Crippen LogP contribution in [0.4, 0.5) is 0 Å². The van der Waals surface area contributed by atoms with Gasteiger partial charge in [0.2, 0.25) is 0 Å². The molecule has 0 aromatic carbocycles. The lowest BCUT2D eigenvalue weighted by atomic mass is 9.41. The normalized spacial score (nSPS) is 58.0. The molecule has 6 unspecified atom stereocenters. The molecule has 6 rings (SSSR count). The van der Waals surface area contributed by atoms with Crippen LogP contribution >= 0.6 is 0 Å². The van der Waals surface area contributed by atoms with E-state index in [-0.39, 0.29) is 34.4 Å². The van der Waals surface area contributed by atoms with Crippen LogP contribution in [-0.2, 0) is 9.53 Å². The minimum absolute atomic E-state index is 0.0300. The van der Waals surface area contributed by atoms with E-state index in [1.165, 1.54) is 25.7 Å². The van der Waals surface area contributed by atoms with Crippen LogP contribution in [0.15, 0.2) is 0 Å². The fraction of sp³-hybridized carbons (Fsp3) is 0.967. The molecule has 34 heavy (non-hydrogen) atoms. The summed E-state index contributed by atoms with van der Waals surface area (Å²) in [5, 5.41) is 22.4. The number of ether oxygens (including phenoxy) is 1. The number of carbonyl (C=O) groups excluding carboxylic acids is 1. The second-order valence-electron chi connectivity index (χ2n) is 15.5. The number of hydrogen-bond donors (Lipinski definition) is 2. The maximum Gasteiger partial charge on any atom is 0.138 e. The van der Waals surface area contributed by atoms with Gasteiger partial charge in [-0.15, -0.1) is 0 Å². The molecule has 1 heterocycles.